The number of halogens is 2. The molecule has 0 amide bonds. The van der Waals surface area contributed by atoms with Crippen molar-refractivity contribution < 1.29 is 4.79 Å². The first-order valence-corrected chi connectivity index (χ1v) is 6.04. The van der Waals surface area contributed by atoms with Crippen molar-refractivity contribution in [3.63, 3.8) is 0 Å². The Bertz CT molecular complexity index is 569. The molecule has 0 unspecified atom stereocenters. The van der Waals surface area contributed by atoms with Crippen LogP contribution in [0.25, 0.3) is 11.3 Å². The minimum absolute atomic E-state index is 0.186. The molecule has 0 radical (unpaired) electrons. The van der Waals surface area contributed by atoms with E-state index in [-0.39, 0.29) is 5.15 Å². The summed E-state index contributed by atoms with van der Waals surface area (Å²) >= 11 is 9.28. The maximum atomic E-state index is 11.0. The molecule has 0 N–H and O–H groups in total. The fourth-order valence-electron chi connectivity index (χ4n) is 1.48. The molecule has 0 aliphatic carbocycles. The van der Waals surface area contributed by atoms with Gasteiger partial charge in [-0.05, 0) is 19.1 Å². The summed E-state index contributed by atoms with van der Waals surface area (Å²) in [5.74, 6) is 0.540. The highest BCUT2D eigenvalue weighted by Gasteiger charge is 2.12. The highest BCUT2D eigenvalue weighted by atomic mass is 79.9. The summed E-state index contributed by atoms with van der Waals surface area (Å²) in [7, 11) is 0. The van der Waals surface area contributed by atoms with Crippen molar-refractivity contribution in [1.29, 1.82) is 0 Å². The zero-order chi connectivity index (χ0) is 12.4. The van der Waals surface area contributed by atoms with Crippen LogP contribution in [0.15, 0.2) is 28.7 Å². The summed E-state index contributed by atoms with van der Waals surface area (Å²) in [5, 5.41) is 0.186. The first kappa shape index (κ1) is 12.2. The van der Waals surface area contributed by atoms with Gasteiger partial charge in [-0.1, -0.05) is 39.7 Å². The van der Waals surface area contributed by atoms with Gasteiger partial charge in [-0.15, -0.1) is 0 Å². The van der Waals surface area contributed by atoms with Crippen molar-refractivity contribution in [1.82, 2.24) is 9.97 Å². The van der Waals surface area contributed by atoms with Crippen molar-refractivity contribution in [3.05, 3.63) is 45.3 Å². The van der Waals surface area contributed by atoms with Crippen LogP contribution in [0, 0.1) is 6.92 Å². The summed E-state index contributed by atoms with van der Waals surface area (Å²) in [6.45, 7) is 1.74. The molecule has 0 bridgehead atoms. The zero-order valence-electron chi connectivity index (χ0n) is 8.95. The third-order valence-corrected chi connectivity index (χ3v) is 3.06. The molecule has 86 valence electrons. The van der Waals surface area contributed by atoms with Gasteiger partial charge in [0, 0.05) is 10.0 Å². The second-order valence-corrected chi connectivity index (χ2v) is 4.72. The Morgan fingerprint density at radius 2 is 1.88 bits per heavy atom. The fraction of sp³-hybridized carbons (Fsp3) is 0.0833. The molecule has 1 aromatic carbocycles. The lowest BCUT2D eigenvalue weighted by Crippen LogP contribution is -1.99. The zero-order valence-corrected chi connectivity index (χ0v) is 11.3. The first-order valence-electron chi connectivity index (χ1n) is 4.87. The van der Waals surface area contributed by atoms with Gasteiger partial charge in [0.1, 0.15) is 11.0 Å². The standard InChI is InChI=1S/C12H8BrClN2O/c1-7-15-11(10(6-17)12(14)16-7)8-2-4-9(13)5-3-8/h2-6H,1H3. The van der Waals surface area contributed by atoms with Crippen LogP contribution >= 0.6 is 27.5 Å². The summed E-state index contributed by atoms with van der Waals surface area (Å²) in [6.07, 6.45) is 0.680. The summed E-state index contributed by atoms with van der Waals surface area (Å²) in [5.41, 5.74) is 1.72. The fourth-order valence-corrected chi connectivity index (χ4v) is 2.00. The third-order valence-electron chi connectivity index (χ3n) is 2.25. The van der Waals surface area contributed by atoms with E-state index in [4.69, 9.17) is 11.6 Å². The van der Waals surface area contributed by atoms with Gasteiger partial charge in [-0.3, -0.25) is 4.79 Å². The van der Waals surface area contributed by atoms with Crippen LogP contribution in [0.1, 0.15) is 16.2 Å². The van der Waals surface area contributed by atoms with E-state index in [0.717, 1.165) is 10.0 Å². The van der Waals surface area contributed by atoms with Crippen molar-refractivity contribution in [3.8, 4) is 11.3 Å². The van der Waals surface area contributed by atoms with Crippen LogP contribution in [0.3, 0.4) is 0 Å². The topological polar surface area (TPSA) is 42.9 Å². The number of aromatic nitrogens is 2. The lowest BCUT2D eigenvalue weighted by Gasteiger charge is -2.06. The average molecular weight is 312 g/mol. The van der Waals surface area contributed by atoms with Crippen molar-refractivity contribution in [2.45, 2.75) is 6.92 Å². The van der Waals surface area contributed by atoms with Crippen LogP contribution in [-0.2, 0) is 0 Å². The Balaban J connectivity index is 2.65. The molecule has 2 aromatic rings. The van der Waals surface area contributed by atoms with E-state index < -0.39 is 0 Å². The molecule has 2 rings (SSSR count). The first-order chi connectivity index (χ1) is 8.11. The maximum absolute atomic E-state index is 11.0. The summed E-state index contributed by atoms with van der Waals surface area (Å²) < 4.78 is 0.964. The van der Waals surface area contributed by atoms with Crippen LogP contribution in [0.4, 0.5) is 0 Å². The number of hydrogen-bond donors (Lipinski definition) is 0. The number of rotatable bonds is 2. The van der Waals surface area contributed by atoms with E-state index in [2.05, 4.69) is 25.9 Å². The van der Waals surface area contributed by atoms with Crippen molar-refractivity contribution in [2.75, 3.05) is 0 Å². The monoisotopic (exact) mass is 310 g/mol. The van der Waals surface area contributed by atoms with E-state index in [1.54, 1.807) is 6.92 Å². The molecule has 0 aliphatic heterocycles. The molecule has 0 saturated carbocycles. The Kier molecular flexibility index (Phi) is 3.54. The normalized spacial score (nSPS) is 10.3. The number of aryl methyl sites for hydroxylation is 1. The van der Waals surface area contributed by atoms with Gasteiger partial charge in [0.2, 0.25) is 0 Å². The van der Waals surface area contributed by atoms with Gasteiger partial charge >= 0.3 is 0 Å². The van der Waals surface area contributed by atoms with Gasteiger partial charge in [0.05, 0.1) is 11.3 Å². The molecule has 0 atom stereocenters. The number of nitrogens with zero attached hydrogens (tertiary/aromatic N) is 2. The van der Waals surface area contributed by atoms with E-state index >= 15 is 0 Å². The second-order valence-electron chi connectivity index (χ2n) is 3.45. The molecule has 1 heterocycles. The maximum Gasteiger partial charge on any atom is 0.155 e. The van der Waals surface area contributed by atoms with E-state index in [1.165, 1.54) is 0 Å². The Morgan fingerprint density at radius 3 is 2.47 bits per heavy atom. The van der Waals surface area contributed by atoms with E-state index in [1.807, 2.05) is 24.3 Å². The van der Waals surface area contributed by atoms with E-state index in [0.29, 0.717) is 23.4 Å². The Morgan fingerprint density at radius 1 is 1.24 bits per heavy atom. The van der Waals surface area contributed by atoms with Gasteiger partial charge in [0.15, 0.2) is 6.29 Å². The number of carbonyl (C=O) groups excluding carboxylic acids is 1. The van der Waals surface area contributed by atoms with Gasteiger partial charge in [-0.2, -0.15) is 0 Å². The Labute approximate surface area is 112 Å². The quantitative estimate of drug-likeness (QED) is 0.627. The molecule has 0 aliphatic rings. The van der Waals surface area contributed by atoms with Gasteiger partial charge < -0.3 is 0 Å². The summed E-state index contributed by atoms with van der Waals surface area (Å²) in [6, 6.07) is 7.51. The summed E-state index contributed by atoms with van der Waals surface area (Å²) in [4.78, 5) is 19.3. The smallest absolute Gasteiger partial charge is 0.155 e. The largest absolute Gasteiger partial charge is 0.298 e. The lowest BCUT2D eigenvalue weighted by molar-refractivity contribution is 0.112. The molecular formula is C12H8BrClN2O. The molecule has 0 spiro atoms. The number of carbonyl (C=O) groups is 1. The predicted octanol–water partition coefficient (Wildman–Crippen LogP) is 3.68. The molecule has 0 saturated heterocycles. The van der Waals surface area contributed by atoms with E-state index in [9.17, 15) is 4.79 Å². The van der Waals surface area contributed by atoms with Crippen LogP contribution in [0.5, 0.6) is 0 Å². The van der Waals surface area contributed by atoms with Crippen molar-refractivity contribution >= 4 is 33.8 Å². The highest BCUT2D eigenvalue weighted by molar-refractivity contribution is 9.10. The van der Waals surface area contributed by atoms with Gasteiger partial charge in [-0.25, -0.2) is 9.97 Å². The van der Waals surface area contributed by atoms with Crippen LogP contribution in [0.2, 0.25) is 5.15 Å². The van der Waals surface area contributed by atoms with Crippen LogP contribution < -0.4 is 0 Å². The lowest BCUT2D eigenvalue weighted by atomic mass is 10.1. The highest BCUT2D eigenvalue weighted by Crippen LogP contribution is 2.26. The third kappa shape index (κ3) is 2.53. The number of benzene rings is 1. The molecule has 1 aromatic heterocycles. The molecule has 3 nitrogen and oxygen atoms in total. The number of hydrogen-bond acceptors (Lipinski definition) is 3. The minimum atomic E-state index is 0.186. The second kappa shape index (κ2) is 4.94. The van der Waals surface area contributed by atoms with Gasteiger partial charge in [0.25, 0.3) is 0 Å². The molecular weight excluding hydrogens is 304 g/mol. The van der Waals surface area contributed by atoms with Crippen LogP contribution in [-0.4, -0.2) is 16.3 Å². The van der Waals surface area contributed by atoms with Crippen molar-refractivity contribution in [2.24, 2.45) is 0 Å². The molecule has 0 fully saturated rings. The predicted molar refractivity (Wildman–Crippen MR) is 70.3 cm³/mol. The SMILES string of the molecule is Cc1nc(Cl)c(C=O)c(-c2ccc(Br)cc2)n1. The Hall–Kier alpha value is -1.26. The average Bonchev–Trinajstić information content (AvgIpc) is 2.29. The number of aldehydes is 1. The molecule has 17 heavy (non-hydrogen) atoms. The molecule has 5 heteroatoms. The minimum Gasteiger partial charge on any atom is -0.298 e.